The van der Waals surface area contributed by atoms with Crippen LogP contribution in [0.3, 0.4) is 0 Å². The highest BCUT2D eigenvalue weighted by atomic mass is 16.6. The highest BCUT2D eigenvalue weighted by molar-refractivity contribution is 5.95. The first kappa shape index (κ1) is 20.9. The molecule has 1 fully saturated rings. The molecular formula is C26H30N2O4. The summed E-state index contributed by atoms with van der Waals surface area (Å²) in [6, 6.07) is 11.8. The third-order valence-electron chi connectivity index (χ3n) is 7.24. The molecule has 168 valence electrons. The Hall–Kier alpha value is -3.02. The number of nitrogens with zero attached hydrogens (tertiary/aromatic N) is 1. The van der Waals surface area contributed by atoms with Gasteiger partial charge < -0.3 is 19.7 Å². The number of benzene rings is 2. The summed E-state index contributed by atoms with van der Waals surface area (Å²) in [7, 11) is 0. The number of amides is 2. The van der Waals surface area contributed by atoms with Gasteiger partial charge in [0.25, 0.3) is 5.91 Å². The van der Waals surface area contributed by atoms with Gasteiger partial charge in [-0.1, -0.05) is 25.0 Å². The van der Waals surface area contributed by atoms with E-state index in [0.29, 0.717) is 25.3 Å². The number of carbonyl (C=O) groups is 2. The SMILES string of the molecule is CC(=O)NCc1ccc(C(=O)N2CC3(CCCC3)c3cc4c(cc3C2C)OCCO4)cc1. The van der Waals surface area contributed by atoms with E-state index in [2.05, 4.69) is 24.4 Å². The monoisotopic (exact) mass is 434 g/mol. The van der Waals surface area contributed by atoms with Crippen molar-refractivity contribution in [2.75, 3.05) is 19.8 Å². The maximum Gasteiger partial charge on any atom is 0.254 e. The predicted molar refractivity (Wildman–Crippen MR) is 121 cm³/mol. The molecule has 6 heteroatoms. The van der Waals surface area contributed by atoms with Crippen molar-refractivity contribution in [3.63, 3.8) is 0 Å². The zero-order valence-electron chi connectivity index (χ0n) is 18.8. The molecule has 0 radical (unpaired) electrons. The number of rotatable bonds is 3. The maximum atomic E-state index is 13.6. The molecule has 0 bridgehead atoms. The molecule has 2 amide bonds. The van der Waals surface area contributed by atoms with Crippen molar-refractivity contribution in [3.05, 3.63) is 58.7 Å². The minimum absolute atomic E-state index is 0.0152. The molecule has 6 nitrogen and oxygen atoms in total. The molecule has 1 atom stereocenters. The highest BCUT2D eigenvalue weighted by Gasteiger charge is 2.46. The summed E-state index contributed by atoms with van der Waals surface area (Å²) in [5.74, 6) is 1.61. The Labute approximate surface area is 188 Å². The van der Waals surface area contributed by atoms with E-state index in [4.69, 9.17) is 9.47 Å². The molecule has 1 saturated carbocycles. The molecule has 2 aromatic carbocycles. The second kappa shape index (κ2) is 8.15. The summed E-state index contributed by atoms with van der Waals surface area (Å²) in [6.45, 7) is 5.94. The number of hydrogen-bond donors (Lipinski definition) is 1. The molecule has 2 aromatic rings. The molecule has 2 aliphatic heterocycles. The summed E-state index contributed by atoms with van der Waals surface area (Å²) in [4.78, 5) is 26.8. The van der Waals surface area contributed by atoms with Crippen LogP contribution in [0.15, 0.2) is 36.4 Å². The van der Waals surface area contributed by atoms with Gasteiger partial charge >= 0.3 is 0 Å². The fourth-order valence-corrected chi connectivity index (χ4v) is 5.51. The van der Waals surface area contributed by atoms with E-state index in [-0.39, 0.29) is 23.3 Å². The molecule has 1 unspecified atom stereocenters. The van der Waals surface area contributed by atoms with Crippen LogP contribution >= 0.6 is 0 Å². The summed E-state index contributed by atoms with van der Waals surface area (Å²) in [5.41, 5.74) is 4.15. The molecular weight excluding hydrogens is 404 g/mol. The Balaban J connectivity index is 1.46. The van der Waals surface area contributed by atoms with Crippen LogP contribution in [-0.4, -0.2) is 36.5 Å². The van der Waals surface area contributed by atoms with Gasteiger partial charge in [0.05, 0.1) is 6.04 Å². The van der Waals surface area contributed by atoms with E-state index in [0.717, 1.165) is 36.4 Å². The van der Waals surface area contributed by atoms with Crippen LogP contribution in [0.5, 0.6) is 11.5 Å². The van der Waals surface area contributed by atoms with Gasteiger partial charge in [0.2, 0.25) is 5.91 Å². The Morgan fingerprint density at radius 1 is 1.06 bits per heavy atom. The lowest BCUT2D eigenvalue weighted by Crippen LogP contribution is -2.48. The third kappa shape index (κ3) is 3.61. The van der Waals surface area contributed by atoms with Gasteiger partial charge in [0.1, 0.15) is 13.2 Å². The van der Waals surface area contributed by atoms with Crippen LogP contribution in [0.4, 0.5) is 0 Å². The van der Waals surface area contributed by atoms with Crippen LogP contribution < -0.4 is 14.8 Å². The van der Waals surface area contributed by atoms with Crippen LogP contribution in [0.1, 0.15) is 72.6 Å². The van der Waals surface area contributed by atoms with E-state index < -0.39 is 0 Å². The smallest absolute Gasteiger partial charge is 0.254 e. The summed E-state index contributed by atoms with van der Waals surface area (Å²) < 4.78 is 11.7. The Kier molecular flexibility index (Phi) is 5.31. The van der Waals surface area contributed by atoms with Crippen LogP contribution in [0.25, 0.3) is 0 Å². The van der Waals surface area contributed by atoms with Crippen molar-refractivity contribution in [1.82, 2.24) is 10.2 Å². The number of nitrogens with one attached hydrogen (secondary N) is 1. The van der Waals surface area contributed by atoms with Gasteiger partial charge in [0, 0.05) is 31.0 Å². The molecule has 1 spiro atoms. The first-order chi connectivity index (χ1) is 15.5. The van der Waals surface area contributed by atoms with Gasteiger partial charge in [-0.25, -0.2) is 0 Å². The number of carbonyl (C=O) groups excluding carboxylic acids is 2. The molecule has 5 rings (SSSR count). The van der Waals surface area contributed by atoms with E-state index >= 15 is 0 Å². The van der Waals surface area contributed by atoms with Crippen molar-refractivity contribution < 1.29 is 19.1 Å². The summed E-state index contributed by atoms with van der Waals surface area (Å²) in [5, 5.41) is 2.79. The minimum atomic E-state index is -0.0654. The normalized spacial score (nSPS) is 20.7. The standard InChI is InChI=1S/C26H30N2O4/c1-17-21-13-23-24(32-12-11-31-23)14-22(21)26(9-3-4-10-26)16-28(17)25(30)20-7-5-19(6-8-20)15-27-18(2)29/h5-8,13-14,17H,3-4,9-12,15-16H2,1-2H3,(H,27,29). The van der Waals surface area contributed by atoms with Gasteiger partial charge in [0.15, 0.2) is 11.5 Å². The van der Waals surface area contributed by atoms with Gasteiger partial charge in [-0.15, -0.1) is 0 Å². The van der Waals surface area contributed by atoms with Gasteiger partial charge in [-0.3, -0.25) is 9.59 Å². The Morgan fingerprint density at radius 2 is 1.72 bits per heavy atom. The molecule has 2 heterocycles. The second-order valence-electron chi connectivity index (χ2n) is 9.29. The van der Waals surface area contributed by atoms with Crippen molar-refractivity contribution in [2.24, 2.45) is 0 Å². The Bertz CT molecular complexity index is 1040. The second-order valence-corrected chi connectivity index (χ2v) is 9.29. The highest BCUT2D eigenvalue weighted by Crippen LogP contribution is 2.52. The minimum Gasteiger partial charge on any atom is -0.486 e. The van der Waals surface area contributed by atoms with Crippen LogP contribution in [0, 0.1) is 0 Å². The summed E-state index contributed by atoms with van der Waals surface area (Å²) >= 11 is 0. The van der Waals surface area contributed by atoms with Crippen molar-refractivity contribution in [1.29, 1.82) is 0 Å². The third-order valence-corrected chi connectivity index (χ3v) is 7.24. The topological polar surface area (TPSA) is 67.9 Å². The molecule has 1 aliphatic carbocycles. The Morgan fingerprint density at radius 3 is 2.38 bits per heavy atom. The van der Waals surface area contributed by atoms with Crippen molar-refractivity contribution in [2.45, 2.75) is 57.5 Å². The van der Waals surface area contributed by atoms with E-state index in [9.17, 15) is 9.59 Å². The lowest BCUT2D eigenvalue weighted by atomic mass is 9.71. The number of fused-ring (bicyclic) bond motifs is 3. The predicted octanol–water partition coefficient (Wildman–Crippen LogP) is 4.12. The van der Waals surface area contributed by atoms with Crippen LogP contribution in [-0.2, 0) is 16.8 Å². The van der Waals surface area contributed by atoms with Gasteiger partial charge in [-0.2, -0.15) is 0 Å². The van der Waals surface area contributed by atoms with E-state index in [1.54, 1.807) is 0 Å². The lowest BCUT2D eigenvalue weighted by molar-refractivity contribution is -0.119. The average Bonchev–Trinajstić information content (AvgIpc) is 3.28. The number of ether oxygens (including phenoxy) is 2. The summed E-state index contributed by atoms with van der Waals surface area (Å²) in [6.07, 6.45) is 4.54. The molecule has 3 aliphatic rings. The molecule has 1 N–H and O–H groups in total. The zero-order valence-corrected chi connectivity index (χ0v) is 18.8. The van der Waals surface area contributed by atoms with Gasteiger partial charge in [-0.05, 0) is 60.7 Å². The molecule has 32 heavy (non-hydrogen) atoms. The average molecular weight is 435 g/mol. The van der Waals surface area contributed by atoms with Crippen LogP contribution in [0.2, 0.25) is 0 Å². The van der Waals surface area contributed by atoms with E-state index in [1.165, 1.54) is 30.9 Å². The fraction of sp³-hybridized carbons (Fsp3) is 0.462. The maximum absolute atomic E-state index is 13.6. The zero-order chi connectivity index (χ0) is 22.3. The number of hydrogen-bond acceptors (Lipinski definition) is 4. The van der Waals surface area contributed by atoms with Crippen molar-refractivity contribution in [3.8, 4) is 11.5 Å². The first-order valence-electron chi connectivity index (χ1n) is 11.6. The fourth-order valence-electron chi connectivity index (χ4n) is 5.51. The van der Waals surface area contributed by atoms with E-state index in [1.807, 2.05) is 29.2 Å². The largest absolute Gasteiger partial charge is 0.486 e. The molecule has 0 saturated heterocycles. The first-order valence-corrected chi connectivity index (χ1v) is 11.6. The quantitative estimate of drug-likeness (QED) is 0.789. The van der Waals surface area contributed by atoms with Crippen molar-refractivity contribution >= 4 is 11.8 Å². The molecule has 0 aromatic heterocycles. The lowest BCUT2D eigenvalue weighted by Gasteiger charge is -2.46.